The molecule has 34 heavy (non-hydrogen) atoms. The van der Waals surface area contributed by atoms with E-state index in [4.69, 9.17) is 10.1 Å². The predicted octanol–water partition coefficient (Wildman–Crippen LogP) is 7.00. The van der Waals surface area contributed by atoms with Gasteiger partial charge in [-0.15, -0.1) is 35.9 Å². The van der Waals surface area contributed by atoms with E-state index < -0.39 is 0 Å². The number of carbonyl (C=O) groups excluding carboxylic acids is 1. The van der Waals surface area contributed by atoms with Crippen LogP contribution in [0.25, 0.3) is 44.0 Å². The standard InChI is InChI=1S/C24H19N2.C5H8O2.Ir/c1-15-13-16(2)21-19(14-15)25-23(17-9-5-4-6-10-17)22-18-11-7-8-12-20(18)26(3)24(21)22;1-4(6)3-5(2)7;/h4-9,11-14H,1-3H3;3,6H,1-2H3;/q-1;;/b;4-3-;. The van der Waals surface area contributed by atoms with E-state index in [2.05, 4.69) is 80.1 Å². The summed E-state index contributed by atoms with van der Waals surface area (Å²) in [6.45, 7) is 7.16. The number of fused-ring (bicyclic) bond motifs is 5. The topological polar surface area (TPSA) is 55.1 Å². The van der Waals surface area contributed by atoms with Crippen molar-refractivity contribution in [1.29, 1.82) is 0 Å². The van der Waals surface area contributed by atoms with Crippen LogP contribution in [-0.2, 0) is 31.9 Å². The van der Waals surface area contributed by atoms with E-state index in [0.29, 0.717) is 0 Å². The summed E-state index contributed by atoms with van der Waals surface area (Å²) in [6.07, 6.45) is 1.17. The van der Waals surface area contributed by atoms with Crippen LogP contribution in [0.1, 0.15) is 25.0 Å². The van der Waals surface area contributed by atoms with Crippen LogP contribution in [0.5, 0.6) is 0 Å². The fraction of sp³-hybridized carbons (Fsp3) is 0.172. The summed E-state index contributed by atoms with van der Waals surface area (Å²) < 4.78 is 2.31. The minimum Gasteiger partial charge on any atom is -0.512 e. The first kappa shape index (κ1) is 25.4. The second-order valence-corrected chi connectivity index (χ2v) is 8.41. The third-order valence-corrected chi connectivity index (χ3v) is 5.65. The predicted molar refractivity (Wildman–Crippen MR) is 137 cm³/mol. The summed E-state index contributed by atoms with van der Waals surface area (Å²) in [4.78, 5) is 15.1. The van der Waals surface area contributed by atoms with Crippen molar-refractivity contribution < 1.29 is 30.0 Å². The zero-order chi connectivity index (χ0) is 23.7. The molecule has 4 nitrogen and oxygen atoms in total. The van der Waals surface area contributed by atoms with Gasteiger partial charge in [0.25, 0.3) is 0 Å². The van der Waals surface area contributed by atoms with Crippen molar-refractivity contribution in [2.24, 2.45) is 7.05 Å². The maximum absolute atomic E-state index is 10.0. The Bertz CT molecular complexity index is 1530. The van der Waals surface area contributed by atoms with E-state index in [9.17, 15) is 4.79 Å². The molecule has 0 unspecified atom stereocenters. The van der Waals surface area contributed by atoms with Gasteiger partial charge >= 0.3 is 0 Å². The number of aryl methyl sites for hydroxylation is 3. The number of rotatable bonds is 2. The van der Waals surface area contributed by atoms with Gasteiger partial charge < -0.3 is 9.67 Å². The third kappa shape index (κ3) is 4.82. The molecule has 0 amide bonds. The number of allylic oxidation sites excluding steroid dienone is 2. The molecule has 3 aromatic carbocycles. The molecule has 0 saturated heterocycles. The van der Waals surface area contributed by atoms with Crippen molar-refractivity contribution in [1.82, 2.24) is 9.55 Å². The molecule has 5 rings (SSSR count). The fourth-order valence-corrected chi connectivity index (χ4v) is 4.47. The molecule has 0 aliphatic heterocycles. The Balaban J connectivity index is 0.000000357. The molecule has 1 N–H and O–H groups in total. The van der Waals surface area contributed by atoms with Gasteiger partial charge in [0.15, 0.2) is 5.78 Å². The van der Waals surface area contributed by atoms with Gasteiger partial charge in [0.05, 0.1) is 16.8 Å². The van der Waals surface area contributed by atoms with Crippen molar-refractivity contribution in [2.45, 2.75) is 27.7 Å². The van der Waals surface area contributed by atoms with Crippen LogP contribution < -0.4 is 0 Å². The van der Waals surface area contributed by atoms with Crippen LogP contribution in [0.4, 0.5) is 0 Å². The van der Waals surface area contributed by atoms with E-state index in [1.807, 2.05) is 12.1 Å². The van der Waals surface area contributed by atoms with Crippen LogP contribution in [-0.4, -0.2) is 20.4 Å². The molecule has 0 aliphatic rings. The normalized spacial score (nSPS) is 11.3. The Labute approximate surface area is 213 Å². The van der Waals surface area contributed by atoms with Gasteiger partial charge in [-0.2, -0.15) is 0 Å². The number of carbonyl (C=O) groups is 1. The first-order valence-electron chi connectivity index (χ1n) is 10.9. The van der Waals surface area contributed by atoms with Gasteiger partial charge in [-0.05, 0) is 62.0 Å². The molecule has 2 heterocycles. The van der Waals surface area contributed by atoms with Crippen LogP contribution in [0.2, 0.25) is 0 Å². The van der Waals surface area contributed by atoms with Crippen molar-refractivity contribution in [3.8, 4) is 11.3 Å². The summed E-state index contributed by atoms with van der Waals surface area (Å²) in [5.74, 6) is -0.0625. The molecule has 2 aromatic heterocycles. The molecular weight excluding hydrogens is 601 g/mol. The Morgan fingerprint density at radius 1 is 1.03 bits per heavy atom. The van der Waals surface area contributed by atoms with Crippen molar-refractivity contribution in [2.75, 3.05) is 0 Å². The number of hydrogen-bond acceptors (Lipinski definition) is 3. The van der Waals surface area contributed by atoms with Gasteiger partial charge in [0.1, 0.15) is 0 Å². The molecule has 5 aromatic rings. The molecule has 1 radical (unpaired) electrons. The summed E-state index contributed by atoms with van der Waals surface area (Å²) in [5, 5.41) is 12.1. The fourth-order valence-electron chi connectivity index (χ4n) is 4.47. The first-order valence-corrected chi connectivity index (χ1v) is 10.9. The van der Waals surface area contributed by atoms with Crippen molar-refractivity contribution in [3.63, 3.8) is 0 Å². The largest absolute Gasteiger partial charge is 0.512 e. The summed E-state index contributed by atoms with van der Waals surface area (Å²) in [6, 6.07) is 24.5. The van der Waals surface area contributed by atoms with E-state index in [1.54, 1.807) is 0 Å². The molecule has 0 spiro atoms. The maximum Gasteiger partial charge on any atom is 0.155 e. The molecule has 0 saturated carbocycles. The Kier molecular flexibility index (Phi) is 7.71. The van der Waals surface area contributed by atoms with Gasteiger partial charge in [0.2, 0.25) is 0 Å². The molecule has 175 valence electrons. The van der Waals surface area contributed by atoms with Crippen molar-refractivity contribution in [3.05, 3.63) is 89.7 Å². The zero-order valence-corrected chi connectivity index (χ0v) is 22.3. The van der Waals surface area contributed by atoms with E-state index >= 15 is 0 Å². The van der Waals surface area contributed by atoms with Crippen LogP contribution in [0, 0.1) is 19.9 Å². The molecule has 0 bridgehead atoms. The van der Waals surface area contributed by atoms with Crippen LogP contribution in [0.3, 0.4) is 0 Å². The molecule has 0 atom stereocenters. The van der Waals surface area contributed by atoms with Gasteiger partial charge in [-0.1, -0.05) is 24.3 Å². The molecule has 5 heteroatoms. The van der Waals surface area contributed by atoms with Gasteiger partial charge in [-0.3, -0.25) is 9.78 Å². The Morgan fingerprint density at radius 2 is 1.74 bits per heavy atom. The van der Waals surface area contributed by atoms with Crippen LogP contribution in [0.15, 0.2) is 72.5 Å². The number of nitrogens with zero attached hydrogens (tertiary/aromatic N) is 2. The second-order valence-electron chi connectivity index (χ2n) is 8.41. The van der Waals surface area contributed by atoms with Crippen molar-refractivity contribution >= 4 is 38.5 Å². The quantitative estimate of drug-likeness (QED) is 0.130. The minimum absolute atomic E-state index is 0. The number of hydrogen-bond donors (Lipinski definition) is 1. The monoisotopic (exact) mass is 628 g/mol. The van der Waals surface area contributed by atoms with E-state index in [-0.39, 0.29) is 31.6 Å². The number of aliphatic hydroxyl groups excluding tert-OH is 1. The SMILES string of the molecule is CC(=O)/C=C(/C)O.Cc1cc(C)c2c(c1)nc(-c1[c-]cccc1)c1c3ccccc3n(C)c21.[Ir]. The second kappa shape index (κ2) is 10.3. The number of benzene rings is 3. The number of aromatic nitrogens is 2. The summed E-state index contributed by atoms with van der Waals surface area (Å²) in [5.41, 5.74) is 8.09. The Hall–Kier alpha value is -3.27. The van der Waals surface area contributed by atoms with Gasteiger partial charge in [-0.25, -0.2) is 0 Å². The van der Waals surface area contributed by atoms with E-state index in [1.165, 1.54) is 58.2 Å². The maximum atomic E-state index is 10.0. The Morgan fingerprint density at radius 3 is 2.35 bits per heavy atom. The van der Waals surface area contributed by atoms with Gasteiger partial charge in [0, 0.05) is 49.5 Å². The zero-order valence-electron chi connectivity index (χ0n) is 19.9. The summed E-state index contributed by atoms with van der Waals surface area (Å²) in [7, 11) is 2.15. The molecule has 0 aliphatic carbocycles. The summed E-state index contributed by atoms with van der Waals surface area (Å²) >= 11 is 0. The molecular formula is C29H27IrN2O2-. The number of para-hydroxylation sites is 1. The van der Waals surface area contributed by atoms with Crippen LogP contribution >= 0.6 is 0 Å². The average molecular weight is 628 g/mol. The van der Waals surface area contributed by atoms with E-state index in [0.717, 1.165) is 16.8 Å². The number of aliphatic hydroxyl groups is 1. The molecule has 0 fully saturated rings. The smallest absolute Gasteiger partial charge is 0.155 e. The third-order valence-electron chi connectivity index (χ3n) is 5.65. The average Bonchev–Trinajstić information content (AvgIpc) is 3.06. The number of ketones is 1. The minimum atomic E-state index is -0.125. The first-order chi connectivity index (χ1) is 15.8. The number of pyridine rings is 1.